The van der Waals surface area contributed by atoms with E-state index in [2.05, 4.69) is 5.32 Å². The van der Waals surface area contributed by atoms with Gasteiger partial charge in [-0.25, -0.2) is 0 Å². The Hall–Kier alpha value is -2.47. The van der Waals surface area contributed by atoms with Gasteiger partial charge >= 0.3 is 5.97 Å². The number of anilines is 1. The summed E-state index contributed by atoms with van der Waals surface area (Å²) in [7, 11) is 1.26. The summed E-state index contributed by atoms with van der Waals surface area (Å²) in [5, 5.41) is 4.66. The minimum atomic E-state index is -1.14. The molecule has 1 aromatic heterocycles. The molecule has 1 unspecified atom stereocenters. The van der Waals surface area contributed by atoms with E-state index >= 15 is 0 Å². The second-order valence-corrected chi connectivity index (χ2v) is 8.47. The van der Waals surface area contributed by atoms with Gasteiger partial charge in [-0.2, -0.15) is 0 Å². The molecule has 0 saturated carbocycles. The van der Waals surface area contributed by atoms with Crippen LogP contribution in [0.1, 0.15) is 53.1 Å². The first-order chi connectivity index (χ1) is 12.6. The molecule has 1 aromatic carbocycles. The van der Waals surface area contributed by atoms with Gasteiger partial charge < -0.3 is 10.1 Å². The number of thiophene rings is 1. The van der Waals surface area contributed by atoms with Gasteiger partial charge in [-0.05, 0) is 48.1 Å². The van der Waals surface area contributed by atoms with Crippen LogP contribution in [0.5, 0.6) is 0 Å². The van der Waals surface area contributed by atoms with Crippen molar-refractivity contribution in [3.8, 4) is 0 Å². The smallest absolute Gasteiger partial charge is 0.321 e. The minimum Gasteiger partial charge on any atom is -0.468 e. The average molecular weight is 388 g/mol. The van der Waals surface area contributed by atoms with Crippen LogP contribution in [-0.2, 0) is 14.3 Å². The Kier molecular flexibility index (Phi) is 6.21. The van der Waals surface area contributed by atoms with E-state index < -0.39 is 17.3 Å². The van der Waals surface area contributed by atoms with Gasteiger partial charge in [0.05, 0.1) is 12.0 Å². The van der Waals surface area contributed by atoms with Gasteiger partial charge in [-0.3, -0.25) is 14.4 Å². The zero-order chi connectivity index (χ0) is 20.4. The summed E-state index contributed by atoms with van der Waals surface area (Å²) in [4.78, 5) is 38.6. The van der Waals surface area contributed by atoms with Crippen LogP contribution in [0.3, 0.4) is 0 Å². The number of ketones is 1. The summed E-state index contributed by atoms with van der Waals surface area (Å²) in [6.07, 6.45) is 0. The van der Waals surface area contributed by atoms with Crippen LogP contribution >= 0.6 is 11.3 Å². The molecule has 0 radical (unpaired) electrons. The zero-order valence-corrected chi connectivity index (χ0v) is 17.3. The highest BCUT2D eigenvalue weighted by molar-refractivity contribution is 7.12. The van der Waals surface area contributed by atoms with Crippen molar-refractivity contribution in [2.24, 2.45) is 5.41 Å². The number of amides is 1. The topological polar surface area (TPSA) is 72.5 Å². The fraction of sp³-hybridized carbons (Fsp3) is 0.381. The Morgan fingerprint density at radius 2 is 1.74 bits per heavy atom. The van der Waals surface area contributed by atoms with Gasteiger partial charge in [0.25, 0.3) is 0 Å². The Morgan fingerprint density at radius 1 is 1.11 bits per heavy atom. The molecule has 144 valence electrons. The van der Waals surface area contributed by atoms with E-state index in [9.17, 15) is 14.4 Å². The number of Topliss-reactive ketones (excluding diaryl/α,β-unsaturated/α-hetero) is 1. The largest absolute Gasteiger partial charge is 0.468 e. The van der Waals surface area contributed by atoms with Crippen molar-refractivity contribution in [3.63, 3.8) is 0 Å². The molecule has 0 bridgehead atoms. The number of methoxy groups -OCH3 is 1. The van der Waals surface area contributed by atoms with Crippen LogP contribution in [0.25, 0.3) is 0 Å². The number of benzene rings is 1. The number of esters is 1. The van der Waals surface area contributed by atoms with Crippen molar-refractivity contribution in [3.05, 3.63) is 51.2 Å². The number of hydrogen-bond donors (Lipinski definition) is 1. The van der Waals surface area contributed by atoms with E-state index in [1.54, 1.807) is 50.4 Å². The second-order valence-electron chi connectivity index (χ2n) is 7.53. The quantitative estimate of drug-likeness (QED) is 0.466. The van der Waals surface area contributed by atoms with Crippen LogP contribution in [-0.4, -0.2) is 24.8 Å². The molecule has 2 aromatic rings. The number of hydrogen-bond acceptors (Lipinski definition) is 5. The molecule has 1 atom stereocenters. The summed E-state index contributed by atoms with van der Waals surface area (Å²) >= 11 is 1.27. The van der Waals surface area contributed by atoms with Crippen molar-refractivity contribution in [2.75, 3.05) is 12.4 Å². The van der Waals surface area contributed by atoms with Crippen LogP contribution in [0.15, 0.2) is 29.6 Å². The van der Waals surface area contributed by atoms with E-state index in [4.69, 9.17) is 4.74 Å². The number of aryl methyl sites for hydroxylation is 2. The molecule has 0 saturated heterocycles. The van der Waals surface area contributed by atoms with Gasteiger partial charge in [-0.15, -0.1) is 11.3 Å². The van der Waals surface area contributed by atoms with Crippen molar-refractivity contribution in [2.45, 2.75) is 40.5 Å². The first-order valence-corrected chi connectivity index (χ1v) is 9.52. The van der Waals surface area contributed by atoms with Crippen molar-refractivity contribution >= 4 is 34.7 Å². The predicted molar refractivity (Wildman–Crippen MR) is 107 cm³/mol. The maximum Gasteiger partial charge on any atom is 0.321 e. The summed E-state index contributed by atoms with van der Waals surface area (Å²) in [6.45, 7) is 9.23. The zero-order valence-electron chi connectivity index (χ0n) is 16.5. The maximum atomic E-state index is 13.0. The Labute approximate surface area is 163 Å². The first-order valence-electron chi connectivity index (χ1n) is 8.64. The Balaban J connectivity index is 2.60. The van der Waals surface area contributed by atoms with Crippen LogP contribution in [0.2, 0.25) is 0 Å². The normalized spacial score (nSPS) is 12.4. The Morgan fingerprint density at radius 3 is 2.26 bits per heavy atom. The third-order valence-corrected chi connectivity index (χ3v) is 5.25. The lowest BCUT2D eigenvalue weighted by atomic mass is 9.88. The van der Waals surface area contributed by atoms with Crippen molar-refractivity contribution in [1.29, 1.82) is 0 Å². The number of carbonyl (C=O) groups excluding carboxylic acids is 3. The molecule has 0 aliphatic carbocycles. The third-order valence-electron chi connectivity index (χ3n) is 4.37. The molecule has 1 heterocycles. The van der Waals surface area contributed by atoms with E-state index in [-0.39, 0.29) is 11.7 Å². The number of rotatable bonds is 5. The standard InChI is InChI=1S/C21H25NO4S/c1-12-10-14(15(11-13(12)2)22-20(25)21(3,4)5)17(19(24)26-6)18(23)16-8-7-9-27-16/h7-11,17H,1-6H3,(H,22,25). The van der Waals surface area contributed by atoms with Gasteiger partial charge in [0, 0.05) is 11.1 Å². The summed E-state index contributed by atoms with van der Waals surface area (Å²) in [6, 6.07) is 7.01. The third kappa shape index (κ3) is 4.63. The molecule has 0 aliphatic heterocycles. The molecule has 1 amide bonds. The molecule has 5 nitrogen and oxygen atoms in total. The number of carbonyl (C=O) groups is 3. The highest BCUT2D eigenvalue weighted by Gasteiger charge is 2.34. The van der Waals surface area contributed by atoms with Crippen LogP contribution < -0.4 is 5.32 Å². The van der Waals surface area contributed by atoms with Crippen molar-refractivity contribution in [1.82, 2.24) is 0 Å². The van der Waals surface area contributed by atoms with Gasteiger partial charge in [0.1, 0.15) is 5.92 Å². The molecule has 0 spiro atoms. The molecular formula is C21H25NO4S. The highest BCUT2D eigenvalue weighted by atomic mass is 32.1. The minimum absolute atomic E-state index is 0.195. The lowest BCUT2D eigenvalue weighted by Crippen LogP contribution is -2.30. The van der Waals surface area contributed by atoms with Gasteiger partial charge in [0.15, 0.2) is 5.78 Å². The van der Waals surface area contributed by atoms with E-state index in [0.717, 1.165) is 11.1 Å². The lowest BCUT2D eigenvalue weighted by molar-refractivity contribution is -0.141. The maximum absolute atomic E-state index is 13.0. The van der Waals surface area contributed by atoms with Crippen molar-refractivity contribution < 1.29 is 19.1 Å². The van der Waals surface area contributed by atoms with E-state index in [1.165, 1.54) is 18.4 Å². The monoisotopic (exact) mass is 387 g/mol. The fourth-order valence-corrected chi connectivity index (χ4v) is 3.24. The highest BCUT2D eigenvalue weighted by Crippen LogP contribution is 2.33. The van der Waals surface area contributed by atoms with E-state index in [1.807, 2.05) is 13.8 Å². The second kappa shape index (κ2) is 8.05. The number of nitrogens with one attached hydrogen (secondary N) is 1. The molecule has 0 aliphatic rings. The summed E-state index contributed by atoms with van der Waals surface area (Å²) in [5.41, 5.74) is 2.16. The van der Waals surface area contributed by atoms with Crippen LogP contribution in [0.4, 0.5) is 5.69 Å². The predicted octanol–water partition coefficient (Wildman–Crippen LogP) is 4.49. The summed E-state index contributed by atoms with van der Waals surface area (Å²) in [5.74, 6) is -2.32. The lowest BCUT2D eigenvalue weighted by Gasteiger charge is -2.23. The van der Waals surface area contributed by atoms with E-state index in [0.29, 0.717) is 16.1 Å². The first kappa shape index (κ1) is 20.8. The molecule has 27 heavy (non-hydrogen) atoms. The Bertz CT molecular complexity index is 863. The molecule has 1 N–H and O–H groups in total. The van der Waals surface area contributed by atoms with Crippen LogP contribution in [0, 0.1) is 19.3 Å². The summed E-state index contributed by atoms with van der Waals surface area (Å²) < 4.78 is 4.92. The number of ether oxygens (including phenoxy) is 1. The fourth-order valence-electron chi connectivity index (χ4n) is 2.55. The molecule has 2 rings (SSSR count). The molecular weight excluding hydrogens is 362 g/mol. The molecule has 0 fully saturated rings. The molecule has 6 heteroatoms. The van der Waals surface area contributed by atoms with Gasteiger partial charge in [0.2, 0.25) is 5.91 Å². The average Bonchev–Trinajstić information content (AvgIpc) is 3.12. The SMILES string of the molecule is COC(=O)C(C(=O)c1cccs1)c1cc(C)c(C)cc1NC(=O)C(C)(C)C. The van der Waals surface area contributed by atoms with Gasteiger partial charge in [-0.1, -0.05) is 32.9 Å².